The van der Waals surface area contributed by atoms with Crippen LogP contribution < -0.4 is 0 Å². The van der Waals surface area contributed by atoms with Crippen LogP contribution in [0.3, 0.4) is 0 Å². The van der Waals surface area contributed by atoms with Gasteiger partial charge in [-0.15, -0.1) is 0 Å². The van der Waals surface area contributed by atoms with Crippen molar-refractivity contribution in [3.8, 4) is 0 Å². The molecule has 0 aromatic carbocycles. The summed E-state index contributed by atoms with van der Waals surface area (Å²) in [5, 5.41) is 19.5. The van der Waals surface area contributed by atoms with Crippen molar-refractivity contribution in [2.24, 2.45) is 17.8 Å². The second-order valence-corrected chi connectivity index (χ2v) is 6.42. The fourth-order valence-corrected chi connectivity index (χ4v) is 3.01. The van der Waals surface area contributed by atoms with Crippen molar-refractivity contribution in [2.75, 3.05) is 6.61 Å². The highest BCUT2D eigenvalue weighted by atomic mass is 16.7. The van der Waals surface area contributed by atoms with E-state index >= 15 is 0 Å². The van der Waals surface area contributed by atoms with E-state index in [1.165, 1.54) is 0 Å². The summed E-state index contributed by atoms with van der Waals surface area (Å²) in [4.78, 5) is 0. The molecule has 1 rings (SSSR count). The van der Waals surface area contributed by atoms with Gasteiger partial charge in [0, 0.05) is 24.4 Å². The Labute approximate surface area is 117 Å². The third-order valence-electron chi connectivity index (χ3n) is 4.29. The average Bonchev–Trinajstić information content (AvgIpc) is 2.38. The largest absolute Gasteiger partial charge is 0.396 e. The van der Waals surface area contributed by atoms with Crippen LogP contribution in [0.4, 0.5) is 0 Å². The number of ether oxygens (including phenoxy) is 2. The maximum absolute atomic E-state index is 10.3. The van der Waals surface area contributed by atoms with Crippen molar-refractivity contribution in [3.63, 3.8) is 0 Å². The van der Waals surface area contributed by atoms with Crippen LogP contribution in [0.15, 0.2) is 0 Å². The Bertz CT molecular complexity index is 279. The molecule has 0 saturated carbocycles. The first-order valence-corrected chi connectivity index (χ1v) is 7.38. The Morgan fingerprint density at radius 3 is 2.26 bits per heavy atom. The van der Waals surface area contributed by atoms with E-state index in [1.54, 1.807) is 0 Å². The summed E-state index contributed by atoms with van der Waals surface area (Å²) in [6.07, 6.45) is 0.456. The van der Waals surface area contributed by atoms with E-state index in [1.807, 2.05) is 27.7 Å². The Hall–Kier alpha value is -0.160. The molecule has 4 heteroatoms. The summed E-state index contributed by atoms with van der Waals surface area (Å²) in [6.45, 7) is 11.9. The molecule has 0 unspecified atom stereocenters. The summed E-state index contributed by atoms with van der Waals surface area (Å²) < 4.78 is 12.0. The van der Waals surface area contributed by atoms with Crippen LogP contribution in [0.1, 0.15) is 48.0 Å². The summed E-state index contributed by atoms with van der Waals surface area (Å²) >= 11 is 0. The molecule has 1 fully saturated rings. The maximum Gasteiger partial charge on any atom is 0.163 e. The molecule has 0 aromatic heterocycles. The van der Waals surface area contributed by atoms with Crippen LogP contribution >= 0.6 is 0 Å². The van der Waals surface area contributed by atoms with Gasteiger partial charge in [-0.2, -0.15) is 0 Å². The second-order valence-electron chi connectivity index (χ2n) is 6.42. The zero-order chi connectivity index (χ0) is 14.8. The fraction of sp³-hybridized carbons (Fsp3) is 1.00. The predicted molar refractivity (Wildman–Crippen MR) is 74.7 cm³/mol. The van der Waals surface area contributed by atoms with Gasteiger partial charge in [0.15, 0.2) is 5.79 Å². The lowest BCUT2D eigenvalue weighted by Gasteiger charge is -2.48. The molecule has 0 aromatic rings. The average molecular weight is 274 g/mol. The van der Waals surface area contributed by atoms with Gasteiger partial charge in [-0.3, -0.25) is 0 Å². The molecule has 6 atom stereocenters. The molecule has 1 saturated heterocycles. The molecule has 0 aliphatic carbocycles. The summed E-state index contributed by atoms with van der Waals surface area (Å²) in [5.74, 6) is -0.561. The van der Waals surface area contributed by atoms with E-state index in [2.05, 4.69) is 13.8 Å². The number of hydrogen-bond donors (Lipinski definition) is 2. The highest BCUT2D eigenvalue weighted by molar-refractivity contribution is 4.88. The third-order valence-corrected chi connectivity index (χ3v) is 4.29. The minimum absolute atomic E-state index is 0.0102. The molecule has 1 aliphatic heterocycles. The normalized spacial score (nSPS) is 35.7. The highest BCUT2D eigenvalue weighted by Crippen LogP contribution is 2.37. The van der Waals surface area contributed by atoms with Crippen LogP contribution in [0.25, 0.3) is 0 Å². The molecule has 0 amide bonds. The first-order valence-electron chi connectivity index (χ1n) is 7.38. The smallest absolute Gasteiger partial charge is 0.163 e. The quantitative estimate of drug-likeness (QED) is 0.807. The Kier molecular flexibility index (Phi) is 5.80. The van der Waals surface area contributed by atoms with Gasteiger partial charge in [-0.25, -0.2) is 0 Å². The van der Waals surface area contributed by atoms with Crippen LogP contribution in [-0.2, 0) is 9.47 Å². The van der Waals surface area contributed by atoms with Crippen molar-refractivity contribution in [3.05, 3.63) is 0 Å². The summed E-state index contributed by atoms with van der Waals surface area (Å²) in [6, 6.07) is 0. The number of rotatable bonds is 5. The lowest BCUT2D eigenvalue weighted by molar-refractivity contribution is -0.331. The highest BCUT2D eigenvalue weighted by Gasteiger charge is 2.44. The van der Waals surface area contributed by atoms with Gasteiger partial charge in [0.1, 0.15) is 0 Å². The molecule has 2 N–H and O–H groups in total. The molecule has 4 nitrogen and oxygen atoms in total. The van der Waals surface area contributed by atoms with E-state index in [0.29, 0.717) is 0 Å². The number of aliphatic hydroxyl groups excluding tert-OH is 2. The molecule has 0 bridgehead atoms. The van der Waals surface area contributed by atoms with Gasteiger partial charge in [0.2, 0.25) is 0 Å². The molecule has 114 valence electrons. The van der Waals surface area contributed by atoms with E-state index in [-0.39, 0.29) is 36.6 Å². The van der Waals surface area contributed by atoms with E-state index in [4.69, 9.17) is 9.47 Å². The van der Waals surface area contributed by atoms with Crippen molar-refractivity contribution < 1.29 is 19.7 Å². The Morgan fingerprint density at radius 2 is 1.79 bits per heavy atom. The Morgan fingerprint density at radius 1 is 1.21 bits per heavy atom. The van der Waals surface area contributed by atoms with Gasteiger partial charge in [-0.05, 0) is 20.3 Å². The molecule has 19 heavy (non-hydrogen) atoms. The molecular weight excluding hydrogens is 244 g/mol. The van der Waals surface area contributed by atoms with Crippen LogP contribution in [-0.4, -0.2) is 40.9 Å². The van der Waals surface area contributed by atoms with Crippen molar-refractivity contribution in [2.45, 2.75) is 72.1 Å². The van der Waals surface area contributed by atoms with Gasteiger partial charge in [0.05, 0.1) is 18.3 Å². The second kappa shape index (κ2) is 6.53. The number of aliphatic hydroxyl groups is 2. The van der Waals surface area contributed by atoms with Crippen LogP contribution in [0.2, 0.25) is 0 Å². The monoisotopic (exact) mass is 274 g/mol. The van der Waals surface area contributed by atoms with Gasteiger partial charge < -0.3 is 19.7 Å². The topological polar surface area (TPSA) is 58.9 Å². The zero-order valence-corrected chi connectivity index (χ0v) is 13.1. The van der Waals surface area contributed by atoms with E-state index < -0.39 is 11.9 Å². The molecular formula is C15H30O4. The van der Waals surface area contributed by atoms with E-state index in [9.17, 15) is 10.2 Å². The first kappa shape index (κ1) is 16.9. The summed E-state index contributed by atoms with van der Waals surface area (Å²) in [5.41, 5.74) is 0. The SMILES string of the molecule is CC[C@@H]1OC(C)(C)O[C@@H]([C@H](C)[C@H](O)[C@@H](C)CO)[C@@H]1C. The molecule has 0 radical (unpaired) electrons. The van der Waals surface area contributed by atoms with Crippen LogP contribution in [0, 0.1) is 17.8 Å². The van der Waals surface area contributed by atoms with Gasteiger partial charge in [0.25, 0.3) is 0 Å². The lowest BCUT2D eigenvalue weighted by atomic mass is 9.81. The van der Waals surface area contributed by atoms with Gasteiger partial charge >= 0.3 is 0 Å². The standard InChI is InChI=1S/C15H30O4/c1-7-12-10(3)14(19-15(5,6)18-12)11(4)13(17)9(2)8-16/h9-14,16-17H,7-8H2,1-6H3/t9-,10+,11+,12-,13+,14+/m0/s1. The van der Waals surface area contributed by atoms with Crippen molar-refractivity contribution >= 4 is 0 Å². The van der Waals surface area contributed by atoms with Gasteiger partial charge in [-0.1, -0.05) is 27.7 Å². The van der Waals surface area contributed by atoms with Crippen molar-refractivity contribution in [1.29, 1.82) is 0 Å². The van der Waals surface area contributed by atoms with E-state index in [0.717, 1.165) is 6.42 Å². The Balaban J connectivity index is 2.84. The van der Waals surface area contributed by atoms with Crippen molar-refractivity contribution in [1.82, 2.24) is 0 Å². The zero-order valence-electron chi connectivity index (χ0n) is 13.1. The summed E-state index contributed by atoms with van der Waals surface area (Å²) in [7, 11) is 0. The minimum atomic E-state index is -0.617. The first-order chi connectivity index (χ1) is 8.73. The molecule has 1 heterocycles. The number of hydrogen-bond acceptors (Lipinski definition) is 4. The lowest BCUT2D eigenvalue weighted by Crippen LogP contribution is -2.54. The fourth-order valence-electron chi connectivity index (χ4n) is 3.01. The maximum atomic E-state index is 10.3. The third kappa shape index (κ3) is 3.91. The predicted octanol–water partition coefficient (Wildman–Crippen LogP) is 2.18. The minimum Gasteiger partial charge on any atom is -0.396 e. The molecule has 1 aliphatic rings. The van der Waals surface area contributed by atoms with Crippen LogP contribution in [0.5, 0.6) is 0 Å². The molecule has 0 spiro atoms.